The third-order valence-electron chi connectivity index (χ3n) is 3.12. The van der Waals surface area contributed by atoms with Crippen LogP contribution in [0.15, 0.2) is 0 Å². The highest BCUT2D eigenvalue weighted by Gasteiger charge is 2.23. The Labute approximate surface area is 118 Å². The number of amides is 3. The molecule has 1 aromatic heterocycles. The van der Waals surface area contributed by atoms with Gasteiger partial charge in [-0.15, -0.1) is 0 Å². The lowest BCUT2D eigenvalue weighted by molar-refractivity contribution is -0.123. The van der Waals surface area contributed by atoms with Crippen molar-refractivity contribution < 1.29 is 9.59 Å². The summed E-state index contributed by atoms with van der Waals surface area (Å²) < 4.78 is 1.60. The van der Waals surface area contributed by atoms with Crippen LogP contribution in [0.1, 0.15) is 45.1 Å². The second-order valence-corrected chi connectivity index (χ2v) is 4.48. The number of nitrogens with one attached hydrogen (secondary N) is 2. The van der Waals surface area contributed by atoms with Crippen molar-refractivity contribution in [2.45, 2.75) is 46.6 Å². The number of aryl methyl sites for hydroxylation is 1. The third-order valence-corrected chi connectivity index (χ3v) is 3.12. The zero-order chi connectivity index (χ0) is 15.3. The molecule has 7 nitrogen and oxygen atoms in total. The van der Waals surface area contributed by atoms with Crippen molar-refractivity contribution in [3.8, 4) is 0 Å². The Morgan fingerprint density at radius 1 is 1.30 bits per heavy atom. The number of nitrogens with two attached hydrogens (primary N) is 1. The molecule has 3 amide bonds. The van der Waals surface area contributed by atoms with E-state index in [-0.39, 0.29) is 0 Å². The second-order valence-electron chi connectivity index (χ2n) is 4.48. The summed E-state index contributed by atoms with van der Waals surface area (Å²) in [6.07, 6.45) is 1.38. The molecule has 7 heteroatoms. The molecule has 1 rings (SSSR count). The fourth-order valence-electron chi connectivity index (χ4n) is 2.00. The van der Waals surface area contributed by atoms with Gasteiger partial charge in [-0.05, 0) is 26.7 Å². The van der Waals surface area contributed by atoms with Gasteiger partial charge in [0.15, 0.2) is 0 Å². The van der Waals surface area contributed by atoms with Crippen LogP contribution in [0.5, 0.6) is 0 Å². The fourth-order valence-corrected chi connectivity index (χ4v) is 2.00. The number of aromatic nitrogens is 2. The van der Waals surface area contributed by atoms with Gasteiger partial charge in [-0.2, -0.15) is 5.10 Å². The predicted molar refractivity (Wildman–Crippen MR) is 77.3 cm³/mol. The maximum atomic E-state index is 12.0. The lowest BCUT2D eigenvalue weighted by Gasteiger charge is -2.15. The van der Waals surface area contributed by atoms with Crippen molar-refractivity contribution in [1.29, 1.82) is 0 Å². The van der Waals surface area contributed by atoms with E-state index in [9.17, 15) is 9.59 Å². The van der Waals surface area contributed by atoms with Crippen molar-refractivity contribution in [1.82, 2.24) is 20.4 Å². The van der Waals surface area contributed by atoms with E-state index in [2.05, 4.69) is 15.7 Å². The highest BCUT2D eigenvalue weighted by Crippen LogP contribution is 2.22. The van der Waals surface area contributed by atoms with Gasteiger partial charge in [0.05, 0.1) is 17.1 Å². The molecular weight excluding hydrogens is 258 g/mol. The summed E-state index contributed by atoms with van der Waals surface area (Å²) in [5.41, 5.74) is 8.25. The van der Waals surface area contributed by atoms with E-state index in [1.165, 1.54) is 0 Å². The van der Waals surface area contributed by atoms with Gasteiger partial charge in [-0.25, -0.2) is 4.79 Å². The van der Waals surface area contributed by atoms with Gasteiger partial charge in [-0.3, -0.25) is 14.8 Å². The van der Waals surface area contributed by atoms with Crippen molar-refractivity contribution in [3.05, 3.63) is 11.4 Å². The molecule has 0 radical (unpaired) electrons. The Morgan fingerprint density at radius 2 is 1.95 bits per heavy atom. The number of carbonyl (C=O) groups is 2. The van der Waals surface area contributed by atoms with Crippen LogP contribution in [0.25, 0.3) is 0 Å². The molecule has 0 aliphatic carbocycles. The van der Waals surface area contributed by atoms with Crippen LogP contribution >= 0.6 is 0 Å². The molecule has 1 aromatic rings. The molecule has 0 saturated carbocycles. The summed E-state index contributed by atoms with van der Waals surface area (Å²) in [6.45, 7) is 7.85. The summed E-state index contributed by atoms with van der Waals surface area (Å²) in [5, 5.41) is 9.17. The van der Waals surface area contributed by atoms with Gasteiger partial charge in [0.25, 0.3) is 5.91 Å². The Bertz CT molecular complexity index is 495. The first-order valence-corrected chi connectivity index (χ1v) is 6.90. The Hall–Kier alpha value is -2.05. The lowest BCUT2D eigenvalue weighted by Crippen LogP contribution is -2.42. The SMILES string of the molecule is CCNC(=O)NC(=O)C(C)n1nc(CC)c(N)c1CC. The second kappa shape index (κ2) is 6.93. The van der Waals surface area contributed by atoms with Crippen LogP contribution in [0, 0.1) is 0 Å². The molecule has 0 bridgehead atoms. The van der Waals surface area contributed by atoms with Gasteiger partial charge in [0.1, 0.15) is 6.04 Å². The zero-order valence-corrected chi connectivity index (χ0v) is 12.5. The van der Waals surface area contributed by atoms with Crippen LogP contribution < -0.4 is 16.4 Å². The lowest BCUT2D eigenvalue weighted by atomic mass is 10.2. The predicted octanol–water partition coefficient (Wildman–Crippen LogP) is 0.997. The van der Waals surface area contributed by atoms with Crippen molar-refractivity contribution in [2.75, 3.05) is 12.3 Å². The molecule has 0 aliphatic rings. The molecular formula is C13H23N5O2. The number of anilines is 1. The van der Waals surface area contributed by atoms with Gasteiger partial charge >= 0.3 is 6.03 Å². The highest BCUT2D eigenvalue weighted by molar-refractivity contribution is 5.96. The van der Waals surface area contributed by atoms with E-state index >= 15 is 0 Å². The molecule has 0 saturated heterocycles. The molecule has 0 fully saturated rings. The van der Waals surface area contributed by atoms with Gasteiger partial charge in [0, 0.05) is 6.54 Å². The normalized spacial score (nSPS) is 12.0. The maximum Gasteiger partial charge on any atom is 0.321 e. The average Bonchev–Trinajstić information content (AvgIpc) is 2.74. The van der Waals surface area contributed by atoms with Gasteiger partial charge < -0.3 is 11.1 Å². The first kappa shape index (κ1) is 16.0. The first-order chi connectivity index (χ1) is 9.46. The summed E-state index contributed by atoms with van der Waals surface area (Å²) in [5.74, 6) is -0.407. The summed E-state index contributed by atoms with van der Waals surface area (Å²) in [6, 6.07) is -1.09. The third kappa shape index (κ3) is 3.28. The number of imide groups is 1. The number of carbonyl (C=O) groups excluding carboxylic acids is 2. The topological polar surface area (TPSA) is 102 Å². The van der Waals surface area contributed by atoms with E-state index < -0.39 is 18.0 Å². The smallest absolute Gasteiger partial charge is 0.321 e. The highest BCUT2D eigenvalue weighted by atomic mass is 16.2. The number of rotatable bonds is 5. The largest absolute Gasteiger partial charge is 0.396 e. The van der Waals surface area contributed by atoms with E-state index in [1.54, 1.807) is 18.5 Å². The van der Waals surface area contributed by atoms with E-state index in [4.69, 9.17) is 5.73 Å². The van der Waals surface area contributed by atoms with Crippen molar-refractivity contribution in [2.24, 2.45) is 0 Å². The van der Waals surface area contributed by atoms with Crippen LogP contribution in [0.2, 0.25) is 0 Å². The number of nitrogens with zero attached hydrogens (tertiary/aromatic N) is 2. The standard InChI is InChI=1S/C13H23N5O2/c1-5-9-11(14)10(6-2)18(17-9)8(4)12(19)16-13(20)15-7-3/h8H,5-7,14H2,1-4H3,(H2,15,16,19,20). The Kier molecular flexibility index (Phi) is 5.54. The molecule has 1 heterocycles. The zero-order valence-electron chi connectivity index (χ0n) is 12.5. The quantitative estimate of drug-likeness (QED) is 0.749. The minimum absolute atomic E-state index is 0.407. The molecule has 20 heavy (non-hydrogen) atoms. The van der Waals surface area contributed by atoms with Gasteiger partial charge in [-0.1, -0.05) is 13.8 Å². The van der Waals surface area contributed by atoms with E-state index in [0.29, 0.717) is 25.1 Å². The maximum absolute atomic E-state index is 12.0. The number of hydrogen-bond acceptors (Lipinski definition) is 4. The molecule has 0 aromatic carbocycles. The fraction of sp³-hybridized carbons (Fsp3) is 0.615. The van der Waals surface area contributed by atoms with Crippen molar-refractivity contribution >= 4 is 17.6 Å². The average molecular weight is 281 g/mol. The summed E-state index contributed by atoms with van der Waals surface area (Å²) in [4.78, 5) is 23.4. The minimum atomic E-state index is -0.588. The number of urea groups is 1. The first-order valence-electron chi connectivity index (χ1n) is 6.90. The van der Waals surface area contributed by atoms with Crippen LogP contribution in [-0.4, -0.2) is 28.3 Å². The summed E-state index contributed by atoms with van der Waals surface area (Å²) in [7, 11) is 0. The van der Waals surface area contributed by atoms with E-state index in [0.717, 1.165) is 11.4 Å². The molecule has 112 valence electrons. The molecule has 4 N–H and O–H groups in total. The Morgan fingerprint density at radius 3 is 2.45 bits per heavy atom. The Balaban J connectivity index is 2.94. The minimum Gasteiger partial charge on any atom is -0.396 e. The van der Waals surface area contributed by atoms with Crippen molar-refractivity contribution in [3.63, 3.8) is 0 Å². The molecule has 1 unspecified atom stereocenters. The van der Waals surface area contributed by atoms with Gasteiger partial charge in [0.2, 0.25) is 0 Å². The molecule has 1 atom stereocenters. The summed E-state index contributed by atoms with van der Waals surface area (Å²) >= 11 is 0. The van der Waals surface area contributed by atoms with Crippen LogP contribution in [0.3, 0.4) is 0 Å². The number of hydrogen-bond donors (Lipinski definition) is 3. The van der Waals surface area contributed by atoms with Crippen LogP contribution in [0.4, 0.5) is 10.5 Å². The van der Waals surface area contributed by atoms with E-state index in [1.807, 2.05) is 13.8 Å². The molecule has 0 aliphatic heterocycles. The number of nitrogen functional groups attached to an aromatic ring is 1. The molecule has 0 spiro atoms. The van der Waals surface area contributed by atoms with Crippen LogP contribution in [-0.2, 0) is 17.6 Å². The monoisotopic (exact) mass is 281 g/mol.